The molecule has 1 N–H and O–H groups in total. The minimum Gasteiger partial charge on any atom is -0.303 e. The van der Waals surface area contributed by atoms with E-state index in [9.17, 15) is 12.8 Å². The lowest BCUT2D eigenvalue weighted by Gasteiger charge is -2.30. The minimum absolute atomic E-state index is 0.123. The SMILES string of the molecule is Cc1cc(S(=O)(=O)NCCCN2CCCC(C)C2)ccc1F. The molecule has 0 bridgehead atoms. The van der Waals surface area contributed by atoms with E-state index in [-0.39, 0.29) is 4.90 Å². The highest BCUT2D eigenvalue weighted by Gasteiger charge is 2.17. The normalized spacial score (nSPS) is 20.2. The molecule has 1 fully saturated rings. The molecule has 1 aromatic rings. The third-order valence-corrected chi connectivity index (χ3v) is 5.58. The van der Waals surface area contributed by atoms with Crippen LogP contribution in [0.15, 0.2) is 23.1 Å². The maximum Gasteiger partial charge on any atom is 0.240 e. The van der Waals surface area contributed by atoms with E-state index in [1.165, 1.54) is 31.0 Å². The second kappa shape index (κ2) is 7.53. The number of hydrogen-bond donors (Lipinski definition) is 1. The second-order valence-corrected chi connectivity index (χ2v) is 7.98. The van der Waals surface area contributed by atoms with Crippen LogP contribution in [0.1, 0.15) is 31.7 Å². The first kappa shape index (κ1) is 17.4. The van der Waals surface area contributed by atoms with Crippen molar-refractivity contribution >= 4 is 10.0 Å². The Balaban J connectivity index is 1.81. The predicted molar refractivity (Wildman–Crippen MR) is 85.8 cm³/mol. The summed E-state index contributed by atoms with van der Waals surface area (Å²) in [6.45, 7) is 7.34. The monoisotopic (exact) mass is 328 g/mol. The first-order valence-corrected chi connectivity index (χ1v) is 9.35. The fourth-order valence-electron chi connectivity index (χ4n) is 2.87. The second-order valence-electron chi connectivity index (χ2n) is 6.21. The van der Waals surface area contributed by atoms with Crippen LogP contribution in [-0.4, -0.2) is 39.5 Å². The van der Waals surface area contributed by atoms with Gasteiger partial charge in [-0.05, 0) is 69.0 Å². The number of aryl methyl sites for hydroxylation is 1. The van der Waals surface area contributed by atoms with E-state index in [4.69, 9.17) is 0 Å². The van der Waals surface area contributed by atoms with Crippen molar-refractivity contribution in [1.82, 2.24) is 9.62 Å². The minimum atomic E-state index is -3.55. The summed E-state index contributed by atoms with van der Waals surface area (Å²) in [7, 11) is -3.55. The number of benzene rings is 1. The Hall–Kier alpha value is -0.980. The number of hydrogen-bond acceptors (Lipinski definition) is 3. The topological polar surface area (TPSA) is 49.4 Å². The van der Waals surface area contributed by atoms with Crippen LogP contribution in [0.3, 0.4) is 0 Å². The van der Waals surface area contributed by atoms with Crippen LogP contribution in [-0.2, 0) is 10.0 Å². The van der Waals surface area contributed by atoms with Gasteiger partial charge in [-0.1, -0.05) is 6.92 Å². The lowest BCUT2D eigenvalue weighted by molar-refractivity contribution is 0.182. The standard InChI is InChI=1S/C16H25FN2O2S/c1-13-5-3-9-19(12-13)10-4-8-18-22(20,21)15-6-7-16(17)14(2)11-15/h6-7,11,13,18H,3-5,8-10,12H2,1-2H3. The molecule has 124 valence electrons. The summed E-state index contributed by atoms with van der Waals surface area (Å²) < 4.78 is 40.1. The van der Waals surface area contributed by atoms with Crippen molar-refractivity contribution < 1.29 is 12.8 Å². The van der Waals surface area contributed by atoms with Crippen LogP contribution >= 0.6 is 0 Å². The Morgan fingerprint density at radius 2 is 2.18 bits per heavy atom. The van der Waals surface area contributed by atoms with E-state index < -0.39 is 15.8 Å². The highest BCUT2D eigenvalue weighted by Crippen LogP contribution is 2.16. The average Bonchev–Trinajstić information content (AvgIpc) is 2.46. The van der Waals surface area contributed by atoms with Crippen LogP contribution in [0.5, 0.6) is 0 Å². The molecule has 2 rings (SSSR count). The van der Waals surface area contributed by atoms with Crippen molar-refractivity contribution in [1.29, 1.82) is 0 Å². The van der Waals surface area contributed by atoms with Gasteiger partial charge < -0.3 is 4.90 Å². The van der Waals surface area contributed by atoms with Crippen LogP contribution in [0.25, 0.3) is 0 Å². The van der Waals surface area contributed by atoms with Gasteiger partial charge in [-0.15, -0.1) is 0 Å². The summed E-state index contributed by atoms with van der Waals surface area (Å²) in [6.07, 6.45) is 3.29. The lowest BCUT2D eigenvalue weighted by atomic mass is 10.0. The maximum atomic E-state index is 13.2. The average molecular weight is 328 g/mol. The molecule has 1 aliphatic heterocycles. The first-order chi connectivity index (χ1) is 10.4. The molecular formula is C16H25FN2O2S. The maximum absolute atomic E-state index is 13.2. The summed E-state index contributed by atoms with van der Waals surface area (Å²) in [4.78, 5) is 2.52. The van der Waals surface area contributed by atoms with Gasteiger partial charge >= 0.3 is 0 Å². The number of sulfonamides is 1. The zero-order valence-corrected chi connectivity index (χ0v) is 14.1. The summed E-state index contributed by atoms with van der Waals surface area (Å²) in [6, 6.07) is 3.86. The molecule has 1 saturated heterocycles. The molecule has 1 unspecified atom stereocenters. The number of likely N-dealkylation sites (tertiary alicyclic amines) is 1. The Kier molecular flexibility index (Phi) is 5.94. The van der Waals surface area contributed by atoms with Gasteiger partial charge in [-0.25, -0.2) is 17.5 Å². The molecular weight excluding hydrogens is 303 g/mol. The zero-order valence-electron chi connectivity index (χ0n) is 13.3. The molecule has 1 aliphatic rings. The van der Waals surface area contributed by atoms with E-state index in [1.54, 1.807) is 6.92 Å². The molecule has 0 radical (unpaired) electrons. The highest BCUT2D eigenvalue weighted by atomic mass is 32.2. The van der Waals surface area contributed by atoms with Gasteiger partial charge in [0.25, 0.3) is 0 Å². The van der Waals surface area contributed by atoms with Gasteiger partial charge in [-0.3, -0.25) is 0 Å². The van der Waals surface area contributed by atoms with E-state index >= 15 is 0 Å². The molecule has 1 aromatic carbocycles. The molecule has 22 heavy (non-hydrogen) atoms. The molecule has 1 atom stereocenters. The van der Waals surface area contributed by atoms with Crippen molar-refractivity contribution in [3.63, 3.8) is 0 Å². The van der Waals surface area contributed by atoms with E-state index in [2.05, 4.69) is 16.5 Å². The first-order valence-electron chi connectivity index (χ1n) is 7.86. The van der Waals surface area contributed by atoms with Crippen molar-refractivity contribution in [2.24, 2.45) is 5.92 Å². The number of rotatable bonds is 6. The van der Waals surface area contributed by atoms with Crippen LogP contribution in [0, 0.1) is 18.7 Å². The van der Waals surface area contributed by atoms with Crippen LogP contribution < -0.4 is 4.72 Å². The highest BCUT2D eigenvalue weighted by molar-refractivity contribution is 7.89. The van der Waals surface area contributed by atoms with E-state index in [1.807, 2.05) is 0 Å². The third-order valence-electron chi connectivity index (χ3n) is 4.12. The van der Waals surface area contributed by atoms with Gasteiger partial charge in [-0.2, -0.15) is 0 Å². The predicted octanol–water partition coefficient (Wildman–Crippen LogP) is 2.53. The third kappa shape index (κ3) is 4.76. The van der Waals surface area contributed by atoms with Crippen molar-refractivity contribution in [2.45, 2.75) is 38.0 Å². The molecule has 0 amide bonds. The van der Waals surface area contributed by atoms with Crippen LogP contribution in [0.4, 0.5) is 4.39 Å². The van der Waals surface area contributed by atoms with Gasteiger partial charge in [0.05, 0.1) is 4.90 Å². The Morgan fingerprint density at radius 1 is 1.41 bits per heavy atom. The fraction of sp³-hybridized carbons (Fsp3) is 0.625. The summed E-state index contributed by atoms with van der Waals surface area (Å²) in [5, 5.41) is 0. The van der Waals surface area contributed by atoms with E-state index in [0.29, 0.717) is 12.1 Å². The van der Waals surface area contributed by atoms with Gasteiger partial charge in [0.2, 0.25) is 10.0 Å². The smallest absolute Gasteiger partial charge is 0.240 e. The quantitative estimate of drug-likeness (QED) is 0.817. The van der Waals surface area contributed by atoms with Gasteiger partial charge in [0.1, 0.15) is 5.82 Å². The number of nitrogens with zero attached hydrogens (tertiary/aromatic N) is 1. The number of halogens is 1. The summed E-state index contributed by atoms with van der Waals surface area (Å²) in [5.41, 5.74) is 0.338. The molecule has 6 heteroatoms. The largest absolute Gasteiger partial charge is 0.303 e. The van der Waals surface area contributed by atoms with Crippen molar-refractivity contribution in [3.8, 4) is 0 Å². The summed E-state index contributed by atoms with van der Waals surface area (Å²) >= 11 is 0. The molecule has 1 heterocycles. The fourth-order valence-corrected chi connectivity index (χ4v) is 4.03. The number of nitrogens with one attached hydrogen (secondary N) is 1. The van der Waals surface area contributed by atoms with Crippen molar-refractivity contribution in [2.75, 3.05) is 26.2 Å². The molecule has 0 saturated carbocycles. The zero-order chi connectivity index (χ0) is 16.2. The molecule has 0 spiro atoms. The Bertz CT molecular complexity index is 604. The Labute approximate surface area is 132 Å². The Morgan fingerprint density at radius 3 is 2.86 bits per heavy atom. The summed E-state index contributed by atoms with van der Waals surface area (Å²) in [5.74, 6) is 0.339. The molecule has 0 aliphatic carbocycles. The van der Waals surface area contributed by atoms with Crippen molar-refractivity contribution in [3.05, 3.63) is 29.6 Å². The molecule has 0 aromatic heterocycles. The molecule has 4 nitrogen and oxygen atoms in total. The van der Waals surface area contributed by atoms with Gasteiger partial charge in [0.15, 0.2) is 0 Å². The van der Waals surface area contributed by atoms with Crippen LogP contribution in [0.2, 0.25) is 0 Å². The lowest BCUT2D eigenvalue weighted by Crippen LogP contribution is -2.36. The van der Waals surface area contributed by atoms with Gasteiger partial charge in [0, 0.05) is 13.1 Å². The number of piperidine rings is 1. The van der Waals surface area contributed by atoms with E-state index in [0.717, 1.165) is 32.0 Å².